The van der Waals surface area contributed by atoms with E-state index < -0.39 is 0 Å². The molecule has 0 saturated heterocycles. The third kappa shape index (κ3) is 2.29. The first kappa shape index (κ1) is 17.8. The number of rotatable bonds is 2. The lowest BCUT2D eigenvalue weighted by Crippen LogP contribution is -2.50. The van der Waals surface area contributed by atoms with Gasteiger partial charge in [-0.1, -0.05) is 42.6 Å². The van der Waals surface area contributed by atoms with E-state index in [0.717, 1.165) is 32.0 Å². The molecule has 0 bridgehead atoms. The maximum Gasteiger partial charge on any atom is 0.198 e. The summed E-state index contributed by atoms with van der Waals surface area (Å²) in [7, 11) is 0. The molecule has 0 aliphatic heterocycles. The zero-order chi connectivity index (χ0) is 18.0. The molecule has 4 aliphatic rings. The summed E-state index contributed by atoms with van der Waals surface area (Å²) in [5.74, 6) is 2.13. The number of halogens is 2. The van der Waals surface area contributed by atoms with E-state index in [-0.39, 0.29) is 21.6 Å². The van der Waals surface area contributed by atoms with Crippen LogP contribution in [-0.4, -0.2) is 12.1 Å². The van der Waals surface area contributed by atoms with Crippen molar-refractivity contribution in [2.24, 2.45) is 34.5 Å². The molecule has 0 unspecified atom stereocenters. The molecule has 0 radical (unpaired) electrons. The summed E-state index contributed by atoms with van der Waals surface area (Å²) in [5, 5.41) is 0.782. The van der Waals surface area contributed by atoms with Gasteiger partial charge >= 0.3 is 0 Å². The summed E-state index contributed by atoms with van der Waals surface area (Å²) < 4.78 is 0. The Morgan fingerprint density at radius 1 is 1.16 bits per heavy atom. The van der Waals surface area contributed by atoms with Crippen molar-refractivity contribution < 1.29 is 9.59 Å². The molecule has 4 rings (SSSR count). The lowest BCUT2D eigenvalue weighted by atomic mass is 9.47. The van der Waals surface area contributed by atoms with E-state index >= 15 is 0 Å². The Bertz CT molecular complexity index is 694. The summed E-state index contributed by atoms with van der Waals surface area (Å²) in [5.41, 5.74) is 1.18. The molecule has 6 atom stereocenters. The number of allylic oxidation sites excluding steroid dienone is 4. The van der Waals surface area contributed by atoms with E-state index in [0.29, 0.717) is 35.1 Å². The summed E-state index contributed by atoms with van der Waals surface area (Å²) in [4.78, 5) is 23.3. The van der Waals surface area contributed by atoms with Gasteiger partial charge in [-0.15, -0.1) is 0 Å². The second-order valence-corrected chi connectivity index (χ2v) is 9.76. The molecule has 0 aromatic heterocycles. The van der Waals surface area contributed by atoms with Crippen molar-refractivity contribution in [2.45, 2.75) is 58.8 Å². The Hall–Kier alpha value is -0.600. The van der Waals surface area contributed by atoms with Crippen molar-refractivity contribution in [3.63, 3.8) is 0 Å². The average molecular weight is 381 g/mol. The summed E-state index contributed by atoms with van der Waals surface area (Å²) in [6.07, 6.45) is 10.3. The second kappa shape index (κ2) is 5.96. The first-order chi connectivity index (χ1) is 11.8. The lowest BCUT2D eigenvalue weighted by molar-refractivity contribution is -0.111. The summed E-state index contributed by atoms with van der Waals surface area (Å²) in [6, 6.07) is 0. The van der Waals surface area contributed by atoms with Crippen molar-refractivity contribution in [2.75, 3.05) is 0 Å². The first-order valence-corrected chi connectivity index (χ1v) is 10.3. The third-order valence-corrected chi connectivity index (χ3v) is 9.39. The van der Waals surface area contributed by atoms with Crippen LogP contribution in [-0.2, 0) is 9.59 Å². The number of carbonyl (C=O) groups excluding carboxylic acids is 2. The highest BCUT2D eigenvalue weighted by atomic mass is 35.5. The quantitative estimate of drug-likeness (QED) is 0.581. The van der Waals surface area contributed by atoms with Gasteiger partial charge in [-0.2, -0.15) is 0 Å². The van der Waals surface area contributed by atoms with Crippen LogP contribution < -0.4 is 0 Å². The average Bonchev–Trinajstić information content (AvgIpc) is 2.92. The largest absolute Gasteiger partial charge is 0.303 e. The molecular weight excluding hydrogens is 355 g/mol. The third-order valence-electron chi connectivity index (χ3n) is 8.34. The standard InChI is InChI=1S/C21H26Cl2O2/c1-20-9-7-16-14(15(20)6-4-12(20)8-10-24)5-3-13-11-17(25)18(22)19(23)21(13,16)2/h10-12,14-16H,3-9H2,1-2H3/t12-,14+,15+,16+,20-,21+/m1/s1. The van der Waals surface area contributed by atoms with Crippen LogP contribution in [0.15, 0.2) is 21.7 Å². The highest BCUT2D eigenvalue weighted by Gasteiger charge is 2.60. The fourth-order valence-electron chi connectivity index (χ4n) is 6.92. The zero-order valence-electron chi connectivity index (χ0n) is 15.0. The second-order valence-electron chi connectivity index (χ2n) is 9.00. The molecule has 2 nitrogen and oxygen atoms in total. The summed E-state index contributed by atoms with van der Waals surface area (Å²) >= 11 is 13.0. The molecule has 0 spiro atoms. The van der Waals surface area contributed by atoms with Gasteiger partial charge < -0.3 is 4.79 Å². The van der Waals surface area contributed by atoms with E-state index in [2.05, 4.69) is 13.8 Å². The maximum absolute atomic E-state index is 12.1. The molecule has 0 aromatic rings. The van der Waals surface area contributed by atoms with Crippen LogP contribution in [0.25, 0.3) is 0 Å². The zero-order valence-corrected chi connectivity index (χ0v) is 16.5. The number of fused-ring (bicyclic) bond motifs is 5. The molecule has 4 aliphatic carbocycles. The number of aldehydes is 1. The molecule has 0 N–H and O–H groups in total. The van der Waals surface area contributed by atoms with Crippen LogP contribution >= 0.6 is 23.2 Å². The molecule has 0 aromatic carbocycles. The molecule has 0 heterocycles. The normalized spacial score (nSPS) is 46.2. The van der Waals surface area contributed by atoms with Crippen molar-refractivity contribution in [1.29, 1.82) is 0 Å². The SMILES string of the molecule is C[C@@]12C(=CC(=O)C(Cl)=C1Cl)CC[C@@H]1[C@@H]2CC[C@]2(C)[C@@H](CC=O)CC[C@@H]12. The Morgan fingerprint density at radius 2 is 1.92 bits per heavy atom. The van der Waals surface area contributed by atoms with Gasteiger partial charge in [0.25, 0.3) is 0 Å². The molecule has 25 heavy (non-hydrogen) atoms. The molecule has 3 saturated carbocycles. The van der Waals surface area contributed by atoms with Gasteiger partial charge in [0.1, 0.15) is 11.3 Å². The van der Waals surface area contributed by atoms with Gasteiger partial charge in [0.05, 0.1) is 5.03 Å². The van der Waals surface area contributed by atoms with Crippen LogP contribution in [0.1, 0.15) is 58.8 Å². The monoisotopic (exact) mass is 380 g/mol. The van der Waals surface area contributed by atoms with Gasteiger partial charge in [0.2, 0.25) is 0 Å². The van der Waals surface area contributed by atoms with E-state index in [1.54, 1.807) is 6.08 Å². The molecule has 4 heteroatoms. The van der Waals surface area contributed by atoms with Gasteiger partial charge in [0.15, 0.2) is 5.78 Å². The molecule has 0 amide bonds. The van der Waals surface area contributed by atoms with Crippen molar-refractivity contribution in [3.8, 4) is 0 Å². The van der Waals surface area contributed by atoms with Crippen molar-refractivity contribution >= 4 is 35.3 Å². The number of hydrogen-bond donors (Lipinski definition) is 0. The Morgan fingerprint density at radius 3 is 2.64 bits per heavy atom. The minimum absolute atomic E-state index is 0.134. The van der Waals surface area contributed by atoms with Crippen LogP contribution in [0.2, 0.25) is 0 Å². The van der Waals surface area contributed by atoms with E-state index in [1.165, 1.54) is 18.4 Å². The number of ketones is 1. The summed E-state index contributed by atoms with van der Waals surface area (Å²) in [6.45, 7) is 4.62. The minimum atomic E-state index is -0.278. The van der Waals surface area contributed by atoms with Gasteiger partial charge in [-0.25, -0.2) is 0 Å². The van der Waals surface area contributed by atoms with Crippen LogP contribution in [0.5, 0.6) is 0 Å². The van der Waals surface area contributed by atoms with Crippen LogP contribution in [0.3, 0.4) is 0 Å². The van der Waals surface area contributed by atoms with Crippen molar-refractivity contribution in [3.05, 3.63) is 21.7 Å². The highest BCUT2D eigenvalue weighted by Crippen LogP contribution is 2.68. The lowest BCUT2D eigenvalue weighted by Gasteiger charge is -2.57. The van der Waals surface area contributed by atoms with Crippen LogP contribution in [0, 0.1) is 34.5 Å². The Balaban J connectivity index is 1.71. The molecule has 3 fully saturated rings. The van der Waals surface area contributed by atoms with Gasteiger partial charge in [-0.05, 0) is 73.7 Å². The predicted octanol–water partition coefficient (Wildman–Crippen LogP) is 5.63. The minimum Gasteiger partial charge on any atom is -0.303 e. The Labute approximate surface area is 160 Å². The van der Waals surface area contributed by atoms with E-state index in [9.17, 15) is 9.59 Å². The predicted molar refractivity (Wildman–Crippen MR) is 100 cm³/mol. The van der Waals surface area contributed by atoms with Gasteiger partial charge in [0, 0.05) is 11.8 Å². The van der Waals surface area contributed by atoms with Crippen LogP contribution in [0.4, 0.5) is 0 Å². The fraction of sp³-hybridized carbons (Fsp3) is 0.714. The van der Waals surface area contributed by atoms with Gasteiger partial charge in [-0.3, -0.25) is 4.79 Å². The highest BCUT2D eigenvalue weighted by molar-refractivity contribution is 6.50. The smallest absolute Gasteiger partial charge is 0.198 e. The first-order valence-electron chi connectivity index (χ1n) is 9.58. The maximum atomic E-state index is 12.1. The topological polar surface area (TPSA) is 34.1 Å². The molecular formula is C21H26Cl2O2. The van der Waals surface area contributed by atoms with E-state index in [4.69, 9.17) is 23.2 Å². The Kier molecular flexibility index (Phi) is 4.24. The number of hydrogen-bond acceptors (Lipinski definition) is 2. The van der Waals surface area contributed by atoms with E-state index in [1.807, 2.05) is 0 Å². The number of carbonyl (C=O) groups is 2. The fourth-order valence-corrected chi connectivity index (χ4v) is 7.53. The molecule has 136 valence electrons. The van der Waals surface area contributed by atoms with Crippen molar-refractivity contribution in [1.82, 2.24) is 0 Å².